The van der Waals surface area contributed by atoms with Crippen LogP contribution in [0.15, 0.2) is 109 Å². The molecule has 0 unspecified atom stereocenters. The van der Waals surface area contributed by atoms with Crippen LogP contribution in [-0.2, 0) is 6.54 Å². The first-order valence-electron chi connectivity index (χ1n) is 10.8. The minimum absolute atomic E-state index is 0.161. The van der Waals surface area contributed by atoms with Crippen molar-refractivity contribution in [3.8, 4) is 0 Å². The maximum atomic E-state index is 13.8. The van der Waals surface area contributed by atoms with Gasteiger partial charge < -0.3 is 10.0 Å². The number of carbonyl (C=O) groups excluding carboxylic acids is 1. The predicted octanol–water partition coefficient (Wildman–Crippen LogP) is 5.75. The molecule has 1 N–H and O–H groups in total. The zero-order chi connectivity index (χ0) is 22.8. The number of carboxylic acids is 1. The zero-order valence-corrected chi connectivity index (χ0v) is 17.8. The molecule has 0 saturated carbocycles. The summed E-state index contributed by atoms with van der Waals surface area (Å²) < 4.78 is 0. The number of carbonyl (C=O) groups is 2. The Bertz CT molecular complexity index is 1310. The Morgan fingerprint density at radius 3 is 2.09 bits per heavy atom. The molecule has 1 heterocycles. The van der Waals surface area contributed by atoms with Crippen molar-refractivity contribution in [3.63, 3.8) is 0 Å². The molecule has 4 aromatic carbocycles. The number of nitrogens with zero attached hydrogens (tertiary/aromatic N) is 2. The average molecular weight is 434 g/mol. The van der Waals surface area contributed by atoms with Crippen molar-refractivity contribution >= 4 is 23.3 Å². The van der Waals surface area contributed by atoms with Crippen molar-refractivity contribution in [2.24, 2.45) is 0 Å². The maximum absolute atomic E-state index is 13.8. The Kier molecular flexibility index (Phi) is 5.37. The van der Waals surface area contributed by atoms with E-state index in [1.54, 1.807) is 23.1 Å². The summed E-state index contributed by atoms with van der Waals surface area (Å²) in [6, 6.07) is 33.8. The van der Waals surface area contributed by atoms with Crippen molar-refractivity contribution in [1.82, 2.24) is 0 Å². The van der Waals surface area contributed by atoms with Gasteiger partial charge in [-0.2, -0.15) is 0 Å². The van der Waals surface area contributed by atoms with Crippen LogP contribution in [0.25, 0.3) is 0 Å². The number of hydrogen-bond acceptors (Lipinski definition) is 3. The SMILES string of the molecule is O=C(O)c1ccccc1[C@H]1N(Cc2ccccc2)c2ccccc2C(=O)N1c1ccccc1. The normalized spacial score (nSPS) is 15.3. The van der Waals surface area contributed by atoms with E-state index in [1.807, 2.05) is 91.0 Å². The highest BCUT2D eigenvalue weighted by Gasteiger charge is 2.40. The number of hydrogen-bond donors (Lipinski definition) is 1. The van der Waals surface area contributed by atoms with E-state index in [1.165, 1.54) is 0 Å². The van der Waals surface area contributed by atoms with Gasteiger partial charge in [0.15, 0.2) is 0 Å². The van der Waals surface area contributed by atoms with Crippen LogP contribution in [0.2, 0.25) is 0 Å². The highest BCUT2D eigenvalue weighted by molar-refractivity contribution is 6.12. The molecule has 0 radical (unpaired) electrons. The number of para-hydroxylation sites is 2. The monoisotopic (exact) mass is 434 g/mol. The lowest BCUT2D eigenvalue weighted by atomic mass is 9.96. The van der Waals surface area contributed by atoms with Gasteiger partial charge in [-0.15, -0.1) is 0 Å². The first-order chi connectivity index (χ1) is 16.1. The first-order valence-corrected chi connectivity index (χ1v) is 10.8. The Morgan fingerprint density at radius 2 is 1.36 bits per heavy atom. The molecule has 5 rings (SSSR count). The molecular weight excluding hydrogens is 412 g/mol. The molecule has 1 atom stereocenters. The van der Waals surface area contributed by atoms with E-state index < -0.39 is 12.1 Å². The summed E-state index contributed by atoms with van der Waals surface area (Å²) in [6.45, 7) is 0.507. The molecule has 0 spiro atoms. The van der Waals surface area contributed by atoms with Crippen molar-refractivity contribution < 1.29 is 14.7 Å². The lowest BCUT2D eigenvalue weighted by Gasteiger charge is -2.46. The summed E-state index contributed by atoms with van der Waals surface area (Å²) in [7, 11) is 0. The molecule has 0 aromatic heterocycles. The number of amides is 1. The van der Waals surface area contributed by atoms with Crippen molar-refractivity contribution in [2.75, 3.05) is 9.80 Å². The van der Waals surface area contributed by atoms with Gasteiger partial charge in [0.1, 0.15) is 6.17 Å². The summed E-state index contributed by atoms with van der Waals surface area (Å²) in [5.74, 6) is -1.18. The van der Waals surface area contributed by atoms with Crippen LogP contribution >= 0.6 is 0 Å². The lowest BCUT2D eigenvalue weighted by molar-refractivity contribution is 0.0693. The average Bonchev–Trinajstić information content (AvgIpc) is 2.86. The number of fused-ring (bicyclic) bond motifs is 1. The molecule has 33 heavy (non-hydrogen) atoms. The van der Waals surface area contributed by atoms with Gasteiger partial charge in [-0.3, -0.25) is 9.69 Å². The van der Waals surface area contributed by atoms with E-state index in [9.17, 15) is 14.7 Å². The second-order valence-electron chi connectivity index (χ2n) is 7.91. The zero-order valence-electron chi connectivity index (χ0n) is 17.8. The van der Waals surface area contributed by atoms with Gasteiger partial charge in [-0.25, -0.2) is 4.79 Å². The molecule has 1 aliphatic heterocycles. The Morgan fingerprint density at radius 1 is 0.758 bits per heavy atom. The molecule has 5 heteroatoms. The Labute approximate surface area is 192 Å². The predicted molar refractivity (Wildman–Crippen MR) is 128 cm³/mol. The van der Waals surface area contributed by atoms with Crippen molar-refractivity contribution in [2.45, 2.75) is 12.7 Å². The van der Waals surface area contributed by atoms with Gasteiger partial charge in [0.25, 0.3) is 5.91 Å². The minimum Gasteiger partial charge on any atom is -0.478 e. The standard InChI is InChI=1S/C28H22N2O3/c31-27-24-17-9-10-18-25(24)29(19-20-11-3-1-4-12-20)26(30(27)21-13-5-2-6-14-21)22-15-7-8-16-23(22)28(32)33/h1-18,26H,19H2,(H,32,33)/t26-/m0/s1. The van der Waals surface area contributed by atoms with E-state index in [4.69, 9.17) is 0 Å². The van der Waals surface area contributed by atoms with E-state index in [-0.39, 0.29) is 11.5 Å². The summed E-state index contributed by atoms with van der Waals surface area (Å²) in [5.41, 5.74) is 3.87. The third-order valence-corrected chi connectivity index (χ3v) is 5.90. The quantitative estimate of drug-likeness (QED) is 0.434. The molecule has 0 bridgehead atoms. The van der Waals surface area contributed by atoms with Gasteiger partial charge >= 0.3 is 5.97 Å². The number of benzene rings is 4. The van der Waals surface area contributed by atoms with Gasteiger partial charge in [-0.1, -0.05) is 78.9 Å². The highest BCUT2D eigenvalue weighted by atomic mass is 16.4. The fourth-order valence-electron chi connectivity index (χ4n) is 4.44. The Balaban J connectivity index is 1.77. The van der Waals surface area contributed by atoms with Crippen LogP contribution in [-0.4, -0.2) is 17.0 Å². The summed E-state index contributed by atoms with van der Waals surface area (Å²) in [4.78, 5) is 29.8. The van der Waals surface area contributed by atoms with Crippen molar-refractivity contribution in [3.05, 3.63) is 131 Å². The smallest absolute Gasteiger partial charge is 0.336 e. The molecule has 162 valence electrons. The molecule has 4 aromatic rings. The van der Waals surface area contributed by atoms with Crippen LogP contribution in [0.4, 0.5) is 11.4 Å². The second-order valence-corrected chi connectivity index (χ2v) is 7.91. The maximum Gasteiger partial charge on any atom is 0.336 e. The van der Waals surface area contributed by atoms with Gasteiger partial charge in [0.2, 0.25) is 0 Å². The summed E-state index contributed by atoms with van der Waals surface area (Å²) in [5, 5.41) is 9.97. The summed E-state index contributed by atoms with van der Waals surface area (Å²) in [6.07, 6.45) is -0.637. The van der Waals surface area contributed by atoms with E-state index >= 15 is 0 Å². The lowest BCUT2D eigenvalue weighted by Crippen LogP contribution is -2.50. The van der Waals surface area contributed by atoms with Crippen LogP contribution in [0.3, 0.4) is 0 Å². The van der Waals surface area contributed by atoms with E-state index in [0.29, 0.717) is 23.4 Å². The minimum atomic E-state index is -1.02. The fourth-order valence-corrected chi connectivity index (χ4v) is 4.44. The van der Waals surface area contributed by atoms with Crippen LogP contribution < -0.4 is 9.80 Å². The number of rotatable bonds is 5. The summed E-state index contributed by atoms with van der Waals surface area (Å²) >= 11 is 0. The van der Waals surface area contributed by atoms with Crippen LogP contribution in [0.5, 0.6) is 0 Å². The van der Waals surface area contributed by atoms with Gasteiger partial charge in [0, 0.05) is 17.8 Å². The fraction of sp³-hybridized carbons (Fsp3) is 0.0714. The first kappa shape index (κ1) is 20.5. The number of carboxylic acid groups (broad SMARTS) is 1. The van der Waals surface area contributed by atoms with E-state index in [0.717, 1.165) is 11.3 Å². The molecule has 1 aliphatic rings. The van der Waals surface area contributed by atoms with Crippen molar-refractivity contribution in [1.29, 1.82) is 0 Å². The highest BCUT2D eigenvalue weighted by Crippen LogP contribution is 2.43. The molecule has 0 fully saturated rings. The number of anilines is 2. The number of aromatic carboxylic acids is 1. The van der Waals surface area contributed by atoms with Crippen LogP contribution in [0.1, 0.15) is 38.0 Å². The molecule has 1 amide bonds. The topological polar surface area (TPSA) is 60.9 Å². The third-order valence-electron chi connectivity index (χ3n) is 5.90. The molecule has 0 saturated heterocycles. The van der Waals surface area contributed by atoms with Gasteiger partial charge in [-0.05, 0) is 35.9 Å². The molecule has 5 nitrogen and oxygen atoms in total. The molecule has 0 aliphatic carbocycles. The van der Waals surface area contributed by atoms with E-state index in [2.05, 4.69) is 4.90 Å². The van der Waals surface area contributed by atoms with Crippen LogP contribution in [0, 0.1) is 0 Å². The molecular formula is C28H22N2O3. The van der Waals surface area contributed by atoms with Gasteiger partial charge in [0.05, 0.1) is 16.8 Å². The second kappa shape index (κ2) is 8.63. The Hall–Kier alpha value is -4.38. The largest absolute Gasteiger partial charge is 0.478 e. The third kappa shape index (κ3) is 3.74.